The van der Waals surface area contributed by atoms with E-state index in [4.69, 9.17) is 5.73 Å². The Labute approximate surface area is 140 Å². The lowest BCUT2D eigenvalue weighted by atomic mass is 10.1. The number of carbonyl (C=O) groups is 1. The summed E-state index contributed by atoms with van der Waals surface area (Å²) >= 11 is 0. The Kier molecular flexibility index (Phi) is 5.35. The first-order valence-electron chi connectivity index (χ1n) is 7.56. The van der Waals surface area contributed by atoms with E-state index in [0.717, 1.165) is 0 Å². The standard InChI is InChI=1S/C18H20N4O2/c1-11(2)21-17-7-5-14(9-20-17)18(24)22-16-8-13(12(3)10-23)4-6-15(16)19/h4-9,11H,19H2,1-3H3,(H,20,21)(H,22,24). The summed E-state index contributed by atoms with van der Waals surface area (Å²) in [4.78, 5) is 27.3. The van der Waals surface area contributed by atoms with Crippen LogP contribution in [0.1, 0.15) is 36.7 Å². The van der Waals surface area contributed by atoms with Crippen LogP contribution in [0.4, 0.5) is 17.2 Å². The first kappa shape index (κ1) is 17.2. The molecule has 6 heteroatoms. The number of anilines is 3. The summed E-state index contributed by atoms with van der Waals surface area (Å²) in [6, 6.07) is 8.68. The van der Waals surface area contributed by atoms with Crippen molar-refractivity contribution in [3.05, 3.63) is 47.7 Å². The molecule has 124 valence electrons. The summed E-state index contributed by atoms with van der Waals surface area (Å²) in [5.41, 5.74) is 8.25. The summed E-state index contributed by atoms with van der Waals surface area (Å²) in [7, 11) is 0. The smallest absolute Gasteiger partial charge is 0.257 e. The third-order valence-electron chi connectivity index (χ3n) is 3.35. The molecule has 0 radical (unpaired) electrons. The van der Waals surface area contributed by atoms with E-state index < -0.39 is 0 Å². The molecule has 1 aromatic heterocycles. The van der Waals surface area contributed by atoms with Crippen LogP contribution in [0.25, 0.3) is 5.57 Å². The largest absolute Gasteiger partial charge is 0.397 e. The second kappa shape index (κ2) is 7.44. The number of nitrogen functional groups attached to an aromatic ring is 1. The number of nitrogens with two attached hydrogens (primary N) is 1. The van der Waals surface area contributed by atoms with E-state index in [1.165, 1.54) is 6.20 Å². The minimum Gasteiger partial charge on any atom is -0.397 e. The van der Waals surface area contributed by atoms with Crippen LogP contribution in [-0.2, 0) is 4.79 Å². The van der Waals surface area contributed by atoms with Crippen LogP contribution in [-0.4, -0.2) is 22.9 Å². The average Bonchev–Trinajstić information content (AvgIpc) is 2.56. The summed E-state index contributed by atoms with van der Waals surface area (Å²) < 4.78 is 0. The average molecular weight is 324 g/mol. The van der Waals surface area contributed by atoms with Crippen LogP contribution in [0.3, 0.4) is 0 Å². The number of hydrogen-bond acceptors (Lipinski definition) is 5. The van der Waals surface area contributed by atoms with Crippen molar-refractivity contribution >= 4 is 34.6 Å². The molecule has 1 amide bonds. The van der Waals surface area contributed by atoms with E-state index in [2.05, 4.69) is 15.6 Å². The van der Waals surface area contributed by atoms with Crippen molar-refractivity contribution in [1.82, 2.24) is 4.98 Å². The molecular formula is C18H20N4O2. The number of pyridine rings is 1. The summed E-state index contributed by atoms with van der Waals surface area (Å²) in [5.74, 6) is 2.21. The maximum atomic E-state index is 12.3. The second-order valence-electron chi connectivity index (χ2n) is 5.71. The van der Waals surface area contributed by atoms with Gasteiger partial charge in [-0.15, -0.1) is 0 Å². The van der Waals surface area contributed by atoms with Crippen LogP contribution in [0.15, 0.2) is 36.5 Å². The SMILES string of the molecule is CC(=C=O)c1ccc(N)c(NC(=O)c2ccc(NC(C)C)nc2)c1. The molecule has 0 aliphatic carbocycles. The molecule has 0 aliphatic rings. The lowest BCUT2D eigenvalue weighted by Gasteiger charge is -2.11. The highest BCUT2D eigenvalue weighted by Gasteiger charge is 2.10. The van der Waals surface area contributed by atoms with Crippen LogP contribution < -0.4 is 16.4 Å². The van der Waals surface area contributed by atoms with Crippen LogP contribution >= 0.6 is 0 Å². The molecule has 0 spiro atoms. The minimum atomic E-state index is -0.324. The Morgan fingerprint density at radius 3 is 2.50 bits per heavy atom. The number of carbonyl (C=O) groups excluding carboxylic acids is 2. The zero-order chi connectivity index (χ0) is 17.7. The van der Waals surface area contributed by atoms with Gasteiger partial charge in [-0.3, -0.25) is 4.79 Å². The topological polar surface area (TPSA) is 97.1 Å². The molecule has 0 aliphatic heterocycles. The zero-order valence-corrected chi connectivity index (χ0v) is 13.9. The Hall–Kier alpha value is -3.11. The lowest BCUT2D eigenvalue weighted by Crippen LogP contribution is -2.15. The van der Waals surface area contributed by atoms with Gasteiger partial charge in [-0.25, -0.2) is 9.78 Å². The number of allylic oxidation sites excluding steroid dienone is 1. The van der Waals surface area contributed by atoms with Crippen molar-refractivity contribution in [1.29, 1.82) is 0 Å². The van der Waals surface area contributed by atoms with E-state index in [-0.39, 0.29) is 11.9 Å². The lowest BCUT2D eigenvalue weighted by molar-refractivity contribution is 0.102. The normalized spacial score (nSPS) is 10.2. The van der Waals surface area contributed by atoms with Crippen molar-refractivity contribution in [2.75, 3.05) is 16.4 Å². The summed E-state index contributed by atoms with van der Waals surface area (Å²) in [6.45, 7) is 5.66. The van der Waals surface area contributed by atoms with E-state index in [0.29, 0.717) is 33.9 Å². The fourth-order valence-electron chi connectivity index (χ4n) is 2.06. The second-order valence-corrected chi connectivity index (χ2v) is 5.71. The quantitative estimate of drug-likeness (QED) is 0.580. The van der Waals surface area contributed by atoms with Crippen LogP contribution in [0, 0.1) is 0 Å². The molecule has 6 nitrogen and oxygen atoms in total. The zero-order valence-electron chi connectivity index (χ0n) is 13.9. The van der Waals surface area contributed by atoms with Gasteiger partial charge in [-0.05, 0) is 50.6 Å². The molecule has 0 unspecified atom stereocenters. The Bertz CT molecular complexity index is 791. The highest BCUT2D eigenvalue weighted by atomic mass is 16.1. The van der Waals surface area contributed by atoms with E-state index in [1.54, 1.807) is 37.3 Å². The highest BCUT2D eigenvalue weighted by Crippen LogP contribution is 2.24. The molecule has 0 saturated carbocycles. The number of rotatable bonds is 5. The van der Waals surface area contributed by atoms with Gasteiger partial charge in [0.1, 0.15) is 11.8 Å². The number of amides is 1. The van der Waals surface area contributed by atoms with Crippen LogP contribution in [0.5, 0.6) is 0 Å². The molecule has 2 aromatic rings. The first-order valence-corrected chi connectivity index (χ1v) is 7.56. The summed E-state index contributed by atoms with van der Waals surface area (Å²) in [6.07, 6.45) is 1.50. The molecule has 2 rings (SSSR count). The predicted octanol–water partition coefficient (Wildman–Crippen LogP) is 2.97. The third kappa shape index (κ3) is 4.21. The predicted molar refractivity (Wildman–Crippen MR) is 96.6 cm³/mol. The molecule has 0 fully saturated rings. The van der Waals surface area contributed by atoms with Crippen molar-refractivity contribution in [3.8, 4) is 0 Å². The van der Waals surface area contributed by atoms with E-state index >= 15 is 0 Å². The van der Waals surface area contributed by atoms with Crippen molar-refractivity contribution < 1.29 is 9.59 Å². The van der Waals surface area contributed by atoms with E-state index in [9.17, 15) is 9.59 Å². The number of benzene rings is 1. The molecular weight excluding hydrogens is 304 g/mol. The van der Waals surface area contributed by atoms with Gasteiger partial charge < -0.3 is 16.4 Å². The molecule has 0 bridgehead atoms. The molecule has 1 aromatic carbocycles. The molecule has 24 heavy (non-hydrogen) atoms. The number of aromatic nitrogens is 1. The fourth-order valence-corrected chi connectivity index (χ4v) is 2.06. The Morgan fingerprint density at radius 2 is 1.92 bits per heavy atom. The first-order chi connectivity index (χ1) is 11.4. The van der Waals surface area contributed by atoms with Gasteiger partial charge in [0.2, 0.25) is 0 Å². The number of nitrogens with one attached hydrogen (secondary N) is 2. The maximum Gasteiger partial charge on any atom is 0.257 e. The highest BCUT2D eigenvalue weighted by molar-refractivity contribution is 6.06. The van der Waals surface area contributed by atoms with E-state index in [1.807, 2.05) is 19.8 Å². The van der Waals surface area contributed by atoms with Crippen molar-refractivity contribution in [3.63, 3.8) is 0 Å². The minimum absolute atomic E-state index is 0.258. The third-order valence-corrected chi connectivity index (χ3v) is 3.35. The van der Waals surface area contributed by atoms with Crippen molar-refractivity contribution in [2.24, 2.45) is 0 Å². The monoisotopic (exact) mass is 324 g/mol. The fraction of sp³-hybridized carbons (Fsp3) is 0.222. The van der Waals surface area contributed by atoms with Gasteiger partial charge in [0, 0.05) is 17.8 Å². The molecule has 0 atom stereocenters. The Morgan fingerprint density at radius 1 is 1.21 bits per heavy atom. The van der Waals surface area contributed by atoms with Crippen LogP contribution in [0.2, 0.25) is 0 Å². The molecule has 4 N–H and O–H groups in total. The van der Waals surface area contributed by atoms with Gasteiger partial charge in [0.15, 0.2) is 0 Å². The maximum absolute atomic E-state index is 12.3. The number of nitrogens with zero attached hydrogens (tertiary/aromatic N) is 1. The van der Waals surface area contributed by atoms with Gasteiger partial charge in [0.05, 0.1) is 16.9 Å². The van der Waals surface area contributed by atoms with Gasteiger partial charge >= 0.3 is 0 Å². The van der Waals surface area contributed by atoms with Gasteiger partial charge in [-0.2, -0.15) is 0 Å². The summed E-state index contributed by atoms with van der Waals surface area (Å²) in [5, 5.41) is 5.89. The number of hydrogen-bond donors (Lipinski definition) is 3. The molecule has 1 heterocycles. The Balaban J connectivity index is 2.18. The van der Waals surface area contributed by atoms with Gasteiger partial charge in [0.25, 0.3) is 5.91 Å². The van der Waals surface area contributed by atoms with Gasteiger partial charge in [-0.1, -0.05) is 6.07 Å². The van der Waals surface area contributed by atoms with Crippen molar-refractivity contribution in [2.45, 2.75) is 26.8 Å². The molecule has 0 saturated heterocycles.